The van der Waals surface area contributed by atoms with E-state index in [1.165, 1.54) is 0 Å². The minimum atomic E-state index is 0.313. The second kappa shape index (κ2) is 8.35. The van der Waals surface area contributed by atoms with Gasteiger partial charge in [0.25, 0.3) is 0 Å². The standard InChI is InChI=1S/C11H23N3O2/c1-3-13-11(12-2)14-6-4-7-16-10-5-8-15-9-10/h10H,3-9H2,1-2H3,(H2,12,13,14). The highest BCUT2D eigenvalue weighted by Gasteiger charge is 2.15. The fraction of sp³-hybridized carbons (Fsp3) is 0.909. The number of rotatable bonds is 6. The number of ether oxygens (including phenoxy) is 2. The van der Waals surface area contributed by atoms with E-state index in [0.29, 0.717) is 6.10 Å². The minimum Gasteiger partial charge on any atom is -0.379 e. The second-order valence-electron chi connectivity index (χ2n) is 3.74. The summed E-state index contributed by atoms with van der Waals surface area (Å²) in [5, 5.41) is 6.37. The molecule has 1 heterocycles. The van der Waals surface area contributed by atoms with Crippen molar-refractivity contribution in [3.63, 3.8) is 0 Å². The molecule has 0 aromatic carbocycles. The van der Waals surface area contributed by atoms with E-state index in [9.17, 15) is 0 Å². The summed E-state index contributed by atoms with van der Waals surface area (Å²) in [4.78, 5) is 4.09. The number of aliphatic imine (C=N–C) groups is 1. The van der Waals surface area contributed by atoms with Crippen LogP contribution in [0.4, 0.5) is 0 Å². The van der Waals surface area contributed by atoms with Crippen LogP contribution >= 0.6 is 0 Å². The average Bonchev–Trinajstić information content (AvgIpc) is 2.80. The van der Waals surface area contributed by atoms with E-state index < -0.39 is 0 Å². The fourth-order valence-corrected chi connectivity index (χ4v) is 1.56. The van der Waals surface area contributed by atoms with Gasteiger partial charge in [0.2, 0.25) is 0 Å². The quantitative estimate of drug-likeness (QED) is 0.392. The Labute approximate surface area is 97.6 Å². The van der Waals surface area contributed by atoms with Gasteiger partial charge in [0.15, 0.2) is 5.96 Å². The third-order valence-corrected chi connectivity index (χ3v) is 2.42. The first kappa shape index (κ1) is 13.3. The van der Waals surface area contributed by atoms with E-state index in [2.05, 4.69) is 22.5 Å². The topological polar surface area (TPSA) is 54.9 Å². The molecule has 0 bridgehead atoms. The van der Waals surface area contributed by atoms with Crippen molar-refractivity contribution in [3.8, 4) is 0 Å². The van der Waals surface area contributed by atoms with Crippen LogP contribution < -0.4 is 10.6 Å². The molecule has 5 nitrogen and oxygen atoms in total. The predicted molar refractivity (Wildman–Crippen MR) is 64.8 cm³/mol. The van der Waals surface area contributed by atoms with Crippen LogP contribution in [0.25, 0.3) is 0 Å². The summed E-state index contributed by atoms with van der Waals surface area (Å²) in [5.41, 5.74) is 0. The molecule has 94 valence electrons. The molecular weight excluding hydrogens is 206 g/mol. The molecule has 1 aliphatic rings. The number of nitrogens with one attached hydrogen (secondary N) is 2. The summed E-state index contributed by atoms with van der Waals surface area (Å²) in [5.74, 6) is 0.853. The molecular formula is C11H23N3O2. The van der Waals surface area contributed by atoms with Crippen LogP contribution in [-0.2, 0) is 9.47 Å². The van der Waals surface area contributed by atoms with Crippen molar-refractivity contribution in [1.82, 2.24) is 10.6 Å². The van der Waals surface area contributed by atoms with E-state index in [1.807, 2.05) is 0 Å². The van der Waals surface area contributed by atoms with Crippen molar-refractivity contribution in [2.75, 3.05) is 40.0 Å². The molecule has 0 saturated carbocycles. The van der Waals surface area contributed by atoms with E-state index in [4.69, 9.17) is 9.47 Å². The van der Waals surface area contributed by atoms with Gasteiger partial charge in [-0.2, -0.15) is 0 Å². The monoisotopic (exact) mass is 229 g/mol. The Morgan fingerprint density at radius 1 is 1.50 bits per heavy atom. The van der Waals surface area contributed by atoms with Crippen molar-refractivity contribution in [2.24, 2.45) is 4.99 Å². The van der Waals surface area contributed by atoms with Crippen LogP contribution in [-0.4, -0.2) is 52.0 Å². The number of hydrogen-bond acceptors (Lipinski definition) is 3. The van der Waals surface area contributed by atoms with Crippen LogP contribution in [0.15, 0.2) is 4.99 Å². The maximum Gasteiger partial charge on any atom is 0.190 e. The normalized spacial score (nSPS) is 21.1. The average molecular weight is 229 g/mol. The summed E-state index contributed by atoms with van der Waals surface area (Å²) < 4.78 is 10.9. The van der Waals surface area contributed by atoms with E-state index >= 15 is 0 Å². The molecule has 16 heavy (non-hydrogen) atoms. The summed E-state index contributed by atoms with van der Waals surface area (Å²) in [6, 6.07) is 0. The van der Waals surface area contributed by atoms with E-state index in [0.717, 1.165) is 51.7 Å². The van der Waals surface area contributed by atoms with Crippen LogP contribution in [0.5, 0.6) is 0 Å². The second-order valence-corrected chi connectivity index (χ2v) is 3.74. The molecule has 1 saturated heterocycles. The number of nitrogens with zero attached hydrogens (tertiary/aromatic N) is 1. The molecule has 0 spiro atoms. The van der Waals surface area contributed by atoms with Crippen LogP contribution in [0.1, 0.15) is 19.8 Å². The SMILES string of the molecule is CCNC(=NC)NCCCOC1CCOC1. The van der Waals surface area contributed by atoms with Gasteiger partial charge in [-0.25, -0.2) is 0 Å². The van der Waals surface area contributed by atoms with E-state index in [-0.39, 0.29) is 0 Å². The lowest BCUT2D eigenvalue weighted by Gasteiger charge is -2.12. The maximum absolute atomic E-state index is 5.65. The van der Waals surface area contributed by atoms with Crippen molar-refractivity contribution in [2.45, 2.75) is 25.9 Å². The minimum absolute atomic E-state index is 0.313. The van der Waals surface area contributed by atoms with Gasteiger partial charge >= 0.3 is 0 Å². The first-order chi connectivity index (χ1) is 7.86. The number of hydrogen-bond donors (Lipinski definition) is 2. The Kier molecular flexibility index (Phi) is 6.92. The van der Waals surface area contributed by atoms with Crippen molar-refractivity contribution < 1.29 is 9.47 Å². The number of guanidine groups is 1. The summed E-state index contributed by atoms with van der Waals surface area (Å²) in [6.45, 7) is 6.20. The lowest BCUT2D eigenvalue weighted by molar-refractivity contribution is 0.0420. The third kappa shape index (κ3) is 5.32. The molecule has 1 rings (SSSR count). The Morgan fingerprint density at radius 2 is 2.38 bits per heavy atom. The Bertz CT molecular complexity index is 203. The smallest absolute Gasteiger partial charge is 0.190 e. The highest BCUT2D eigenvalue weighted by atomic mass is 16.5. The largest absolute Gasteiger partial charge is 0.379 e. The van der Waals surface area contributed by atoms with Crippen molar-refractivity contribution in [1.29, 1.82) is 0 Å². The summed E-state index contributed by atoms with van der Waals surface area (Å²) in [7, 11) is 1.78. The Balaban J connectivity index is 1.94. The van der Waals surface area contributed by atoms with Crippen molar-refractivity contribution in [3.05, 3.63) is 0 Å². The maximum atomic E-state index is 5.65. The first-order valence-electron chi connectivity index (χ1n) is 6.00. The van der Waals surface area contributed by atoms with Gasteiger partial charge in [0.05, 0.1) is 12.7 Å². The molecule has 1 atom stereocenters. The van der Waals surface area contributed by atoms with Crippen LogP contribution in [0.3, 0.4) is 0 Å². The van der Waals surface area contributed by atoms with Crippen molar-refractivity contribution >= 4 is 5.96 Å². The molecule has 0 aromatic rings. The molecule has 0 amide bonds. The van der Waals surface area contributed by atoms with Crippen LogP contribution in [0, 0.1) is 0 Å². The zero-order valence-electron chi connectivity index (χ0n) is 10.3. The molecule has 0 aliphatic carbocycles. The van der Waals surface area contributed by atoms with Crippen LogP contribution in [0.2, 0.25) is 0 Å². The highest BCUT2D eigenvalue weighted by Crippen LogP contribution is 2.07. The molecule has 1 unspecified atom stereocenters. The molecule has 1 aliphatic heterocycles. The van der Waals surface area contributed by atoms with Gasteiger partial charge in [-0.1, -0.05) is 0 Å². The fourth-order valence-electron chi connectivity index (χ4n) is 1.56. The Hall–Kier alpha value is -0.810. The lowest BCUT2D eigenvalue weighted by atomic mass is 10.3. The van der Waals surface area contributed by atoms with Gasteiger partial charge in [0, 0.05) is 33.4 Å². The predicted octanol–water partition coefficient (Wildman–Crippen LogP) is 0.367. The molecule has 0 aromatic heterocycles. The molecule has 1 fully saturated rings. The molecule has 2 N–H and O–H groups in total. The lowest BCUT2D eigenvalue weighted by Crippen LogP contribution is -2.37. The van der Waals surface area contributed by atoms with E-state index in [1.54, 1.807) is 7.05 Å². The van der Waals surface area contributed by atoms with Gasteiger partial charge in [0.1, 0.15) is 0 Å². The van der Waals surface area contributed by atoms with Gasteiger partial charge in [-0.05, 0) is 19.8 Å². The van der Waals surface area contributed by atoms with Gasteiger partial charge < -0.3 is 20.1 Å². The zero-order valence-corrected chi connectivity index (χ0v) is 10.3. The first-order valence-corrected chi connectivity index (χ1v) is 6.00. The summed E-state index contributed by atoms with van der Waals surface area (Å²) in [6.07, 6.45) is 2.33. The highest BCUT2D eigenvalue weighted by molar-refractivity contribution is 5.79. The Morgan fingerprint density at radius 3 is 3.00 bits per heavy atom. The third-order valence-electron chi connectivity index (χ3n) is 2.42. The van der Waals surface area contributed by atoms with Gasteiger partial charge in [-0.3, -0.25) is 4.99 Å². The zero-order chi connectivity index (χ0) is 11.6. The summed E-state index contributed by atoms with van der Waals surface area (Å²) >= 11 is 0. The molecule has 5 heteroatoms. The molecule has 0 radical (unpaired) electrons. The van der Waals surface area contributed by atoms with Gasteiger partial charge in [-0.15, -0.1) is 0 Å².